The molecule has 0 amide bonds. The van der Waals surface area contributed by atoms with E-state index in [0.717, 1.165) is 32.1 Å². The maximum atomic E-state index is 5.34. The molecule has 1 aliphatic heterocycles. The van der Waals surface area contributed by atoms with Crippen molar-refractivity contribution < 1.29 is 9.47 Å². The monoisotopic (exact) mass is 207 g/mol. The van der Waals surface area contributed by atoms with E-state index in [1.807, 2.05) is 6.07 Å². The molecule has 1 aliphatic rings. The van der Waals surface area contributed by atoms with Gasteiger partial charge in [-0.1, -0.05) is 6.07 Å². The molecule has 1 aromatic rings. The van der Waals surface area contributed by atoms with Crippen molar-refractivity contribution in [2.45, 2.75) is 6.92 Å². The van der Waals surface area contributed by atoms with E-state index in [-0.39, 0.29) is 0 Å². The molecule has 3 nitrogen and oxygen atoms in total. The molecule has 0 aliphatic carbocycles. The Labute approximate surface area is 90.6 Å². The molecule has 82 valence electrons. The van der Waals surface area contributed by atoms with Crippen LogP contribution in [0.3, 0.4) is 0 Å². The van der Waals surface area contributed by atoms with Gasteiger partial charge in [0.1, 0.15) is 5.75 Å². The third-order valence-electron chi connectivity index (χ3n) is 2.77. The van der Waals surface area contributed by atoms with Gasteiger partial charge in [0, 0.05) is 24.8 Å². The summed E-state index contributed by atoms with van der Waals surface area (Å²) in [7, 11) is 1.70. The number of nitrogens with zero attached hydrogens (tertiary/aromatic N) is 1. The number of benzene rings is 1. The second-order valence-corrected chi connectivity index (χ2v) is 3.75. The molecule has 0 bridgehead atoms. The first kappa shape index (κ1) is 10.3. The van der Waals surface area contributed by atoms with Crippen molar-refractivity contribution in [3.63, 3.8) is 0 Å². The molecule has 0 spiro atoms. The van der Waals surface area contributed by atoms with E-state index >= 15 is 0 Å². The highest BCUT2D eigenvalue weighted by Gasteiger charge is 2.13. The van der Waals surface area contributed by atoms with Gasteiger partial charge in [-0.3, -0.25) is 0 Å². The molecule has 2 rings (SSSR count). The lowest BCUT2D eigenvalue weighted by molar-refractivity contribution is 0.122. The van der Waals surface area contributed by atoms with Crippen molar-refractivity contribution >= 4 is 5.69 Å². The summed E-state index contributed by atoms with van der Waals surface area (Å²) in [4.78, 5) is 2.35. The van der Waals surface area contributed by atoms with Gasteiger partial charge in [0.15, 0.2) is 0 Å². The third-order valence-corrected chi connectivity index (χ3v) is 2.77. The number of aryl methyl sites for hydroxylation is 1. The number of rotatable bonds is 2. The molecule has 1 saturated heterocycles. The fourth-order valence-electron chi connectivity index (χ4n) is 1.86. The number of ether oxygens (including phenoxy) is 2. The van der Waals surface area contributed by atoms with E-state index in [0.29, 0.717) is 0 Å². The molecule has 1 fully saturated rings. The van der Waals surface area contributed by atoms with Gasteiger partial charge in [-0.05, 0) is 18.6 Å². The summed E-state index contributed by atoms with van der Waals surface area (Å²) in [5, 5.41) is 0. The number of anilines is 1. The summed E-state index contributed by atoms with van der Waals surface area (Å²) in [6.45, 7) is 5.69. The van der Waals surface area contributed by atoms with Crippen LogP contribution in [0.1, 0.15) is 5.56 Å². The zero-order valence-electron chi connectivity index (χ0n) is 9.32. The Morgan fingerprint density at radius 3 is 2.67 bits per heavy atom. The standard InChI is InChI=1S/C12H17NO2/c1-10-3-4-11(14-2)9-12(10)13-5-7-15-8-6-13/h3-4,9H,5-8H2,1-2H3. The van der Waals surface area contributed by atoms with Gasteiger partial charge in [0.2, 0.25) is 0 Å². The fourth-order valence-corrected chi connectivity index (χ4v) is 1.86. The quantitative estimate of drug-likeness (QED) is 0.738. The summed E-state index contributed by atoms with van der Waals surface area (Å²) in [6.07, 6.45) is 0. The van der Waals surface area contributed by atoms with Crippen LogP contribution in [-0.4, -0.2) is 33.4 Å². The Bertz CT molecular complexity index is 332. The minimum Gasteiger partial charge on any atom is -0.497 e. The van der Waals surface area contributed by atoms with Crippen LogP contribution in [0.5, 0.6) is 5.75 Å². The molecule has 0 atom stereocenters. The predicted octanol–water partition coefficient (Wildman–Crippen LogP) is 1.84. The van der Waals surface area contributed by atoms with Gasteiger partial charge in [-0.15, -0.1) is 0 Å². The summed E-state index contributed by atoms with van der Waals surface area (Å²) >= 11 is 0. The Hall–Kier alpha value is -1.22. The van der Waals surface area contributed by atoms with Gasteiger partial charge >= 0.3 is 0 Å². The average Bonchev–Trinajstić information content (AvgIpc) is 2.31. The number of hydrogen-bond acceptors (Lipinski definition) is 3. The molecule has 3 heteroatoms. The van der Waals surface area contributed by atoms with Gasteiger partial charge < -0.3 is 14.4 Å². The summed E-state index contributed by atoms with van der Waals surface area (Å²) in [6, 6.07) is 6.20. The van der Waals surface area contributed by atoms with Crippen LogP contribution >= 0.6 is 0 Å². The fraction of sp³-hybridized carbons (Fsp3) is 0.500. The van der Waals surface area contributed by atoms with Crippen LogP contribution < -0.4 is 9.64 Å². The van der Waals surface area contributed by atoms with E-state index in [4.69, 9.17) is 9.47 Å². The average molecular weight is 207 g/mol. The van der Waals surface area contributed by atoms with Crippen molar-refractivity contribution in [2.75, 3.05) is 38.3 Å². The van der Waals surface area contributed by atoms with Crippen molar-refractivity contribution in [1.29, 1.82) is 0 Å². The normalized spacial score (nSPS) is 16.5. The van der Waals surface area contributed by atoms with Crippen molar-refractivity contribution in [3.05, 3.63) is 23.8 Å². The maximum absolute atomic E-state index is 5.34. The molecule has 0 N–H and O–H groups in total. The minimum absolute atomic E-state index is 0.816. The lowest BCUT2D eigenvalue weighted by Gasteiger charge is -2.30. The highest BCUT2D eigenvalue weighted by atomic mass is 16.5. The van der Waals surface area contributed by atoms with Crippen LogP contribution in [-0.2, 0) is 4.74 Å². The topological polar surface area (TPSA) is 21.7 Å². The SMILES string of the molecule is COc1ccc(C)c(N2CCOCC2)c1. The highest BCUT2D eigenvalue weighted by Crippen LogP contribution is 2.25. The van der Waals surface area contributed by atoms with Crippen LogP contribution in [0.4, 0.5) is 5.69 Å². The number of morpholine rings is 1. The van der Waals surface area contributed by atoms with Crippen LogP contribution in [0.15, 0.2) is 18.2 Å². The molecule has 1 heterocycles. The molecule has 0 radical (unpaired) electrons. The van der Waals surface area contributed by atoms with Gasteiger partial charge in [-0.25, -0.2) is 0 Å². The zero-order valence-corrected chi connectivity index (χ0v) is 9.32. The molecular weight excluding hydrogens is 190 g/mol. The van der Waals surface area contributed by atoms with Crippen molar-refractivity contribution in [1.82, 2.24) is 0 Å². The minimum atomic E-state index is 0.816. The number of hydrogen-bond donors (Lipinski definition) is 0. The molecular formula is C12H17NO2. The molecule has 15 heavy (non-hydrogen) atoms. The molecule has 1 aromatic carbocycles. The van der Waals surface area contributed by atoms with E-state index in [2.05, 4.69) is 24.0 Å². The third kappa shape index (κ3) is 2.23. The van der Waals surface area contributed by atoms with Crippen molar-refractivity contribution in [3.8, 4) is 5.75 Å². The van der Waals surface area contributed by atoms with Gasteiger partial charge in [0.25, 0.3) is 0 Å². The zero-order chi connectivity index (χ0) is 10.7. The highest BCUT2D eigenvalue weighted by molar-refractivity contribution is 5.57. The largest absolute Gasteiger partial charge is 0.497 e. The molecule has 0 unspecified atom stereocenters. The predicted molar refractivity (Wildman–Crippen MR) is 60.8 cm³/mol. The van der Waals surface area contributed by atoms with Crippen LogP contribution in [0, 0.1) is 6.92 Å². The second kappa shape index (κ2) is 4.53. The van der Waals surface area contributed by atoms with Crippen molar-refractivity contribution in [2.24, 2.45) is 0 Å². The maximum Gasteiger partial charge on any atom is 0.120 e. The lowest BCUT2D eigenvalue weighted by Crippen LogP contribution is -2.36. The molecule has 0 aromatic heterocycles. The second-order valence-electron chi connectivity index (χ2n) is 3.75. The first-order valence-corrected chi connectivity index (χ1v) is 5.28. The van der Waals surface area contributed by atoms with Gasteiger partial charge in [-0.2, -0.15) is 0 Å². The summed E-state index contributed by atoms with van der Waals surface area (Å²) < 4.78 is 10.6. The van der Waals surface area contributed by atoms with E-state index in [9.17, 15) is 0 Å². The molecule has 0 saturated carbocycles. The van der Waals surface area contributed by atoms with Gasteiger partial charge in [0.05, 0.1) is 20.3 Å². The number of methoxy groups -OCH3 is 1. The summed E-state index contributed by atoms with van der Waals surface area (Å²) in [5.41, 5.74) is 2.55. The van der Waals surface area contributed by atoms with Crippen LogP contribution in [0.2, 0.25) is 0 Å². The summed E-state index contributed by atoms with van der Waals surface area (Å²) in [5.74, 6) is 0.919. The van der Waals surface area contributed by atoms with E-state index in [1.54, 1.807) is 7.11 Å². The first-order valence-electron chi connectivity index (χ1n) is 5.28. The Morgan fingerprint density at radius 2 is 2.00 bits per heavy atom. The van der Waals surface area contributed by atoms with E-state index < -0.39 is 0 Å². The Balaban J connectivity index is 2.24. The lowest BCUT2D eigenvalue weighted by atomic mass is 10.1. The van der Waals surface area contributed by atoms with Crippen LogP contribution in [0.25, 0.3) is 0 Å². The first-order chi connectivity index (χ1) is 7.31. The Morgan fingerprint density at radius 1 is 1.27 bits per heavy atom. The van der Waals surface area contributed by atoms with E-state index in [1.165, 1.54) is 11.3 Å². The Kier molecular flexibility index (Phi) is 3.11. The smallest absolute Gasteiger partial charge is 0.120 e.